The van der Waals surface area contributed by atoms with Crippen LogP contribution >= 0.6 is 0 Å². The van der Waals surface area contributed by atoms with Gasteiger partial charge in [-0.25, -0.2) is 0 Å². The van der Waals surface area contributed by atoms with E-state index in [1.807, 2.05) is 24.3 Å². The summed E-state index contributed by atoms with van der Waals surface area (Å²) in [7, 11) is 0. The summed E-state index contributed by atoms with van der Waals surface area (Å²) in [4.78, 5) is 4.25. The molecule has 0 unspecified atom stereocenters. The first-order valence-electron chi connectivity index (χ1n) is 6.13. The topological polar surface area (TPSA) is 45.9 Å². The molecule has 0 fully saturated rings. The Morgan fingerprint density at radius 3 is 2.83 bits per heavy atom. The van der Waals surface area contributed by atoms with Gasteiger partial charge in [0.1, 0.15) is 17.4 Å². The Hall–Kier alpha value is -2.08. The number of para-hydroxylation sites is 1. The van der Waals surface area contributed by atoms with Gasteiger partial charge in [0.05, 0.1) is 12.1 Å². The summed E-state index contributed by atoms with van der Waals surface area (Å²) in [5.41, 5.74) is 1.36. The van der Waals surface area contributed by atoms with Crippen LogP contribution < -0.4 is 4.74 Å². The van der Waals surface area contributed by atoms with Crippen molar-refractivity contribution in [1.29, 1.82) is 5.26 Å². The van der Waals surface area contributed by atoms with Gasteiger partial charge in [-0.2, -0.15) is 5.26 Å². The van der Waals surface area contributed by atoms with Gasteiger partial charge in [0.25, 0.3) is 0 Å². The number of aromatic nitrogens is 1. The molecule has 92 valence electrons. The Labute approximate surface area is 107 Å². The second-order valence-electron chi connectivity index (χ2n) is 4.66. The molecule has 0 saturated carbocycles. The minimum absolute atomic E-state index is 0.498. The van der Waals surface area contributed by atoms with Crippen molar-refractivity contribution in [2.75, 3.05) is 6.61 Å². The highest BCUT2D eigenvalue weighted by Crippen LogP contribution is 2.28. The molecule has 1 heterocycles. The summed E-state index contributed by atoms with van der Waals surface area (Å²) in [6.45, 7) is 4.93. The number of nitriles is 1. The molecular weight excluding hydrogens is 224 g/mol. The molecule has 1 aromatic heterocycles. The Bertz CT molecular complexity index is 585. The van der Waals surface area contributed by atoms with Crippen LogP contribution in [0.25, 0.3) is 10.9 Å². The van der Waals surface area contributed by atoms with Crippen LogP contribution in [0.15, 0.2) is 30.5 Å². The van der Waals surface area contributed by atoms with E-state index in [-0.39, 0.29) is 0 Å². The highest BCUT2D eigenvalue weighted by Gasteiger charge is 2.09. The number of benzene rings is 1. The minimum atomic E-state index is 0.498. The largest absolute Gasteiger partial charge is 0.491 e. The molecule has 2 aromatic rings. The van der Waals surface area contributed by atoms with Gasteiger partial charge in [-0.1, -0.05) is 26.0 Å². The van der Waals surface area contributed by atoms with E-state index in [0.717, 1.165) is 17.3 Å². The molecule has 18 heavy (non-hydrogen) atoms. The maximum atomic E-state index is 9.12. The van der Waals surface area contributed by atoms with Gasteiger partial charge < -0.3 is 4.74 Å². The molecule has 0 bridgehead atoms. The van der Waals surface area contributed by atoms with E-state index < -0.39 is 0 Å². The van der Waals surface area contributed by atoms with Crippen LogP contribution in [0.4, 0.5) is 0 Å². The zero-order chi connectivity index (χ0) is 13.0. The van der Waals surface area contributed by atoms with Crippen molar-refractivity contribution >= 4 is 10.9 Å². The lowest BCUT2D eigenvalue weighted by Gasteiger charge is -2.11. The molecule has 0 amide bonds. The lowest BCUT2D eigenvalue weighted by molar-refractivity contribution is 0.292. The van der Waals surface area contributed by atoms with Gasteiger partial charge in [0.15, 0.2) is 0 Å². The second kappa shape index (κ2) is 5.50. The lowest BCUT2D eigenvalue weighted by Crippen LogP contribution is -2.03. The van der Waals surface area contributed by atoms with Gasteiger partial charge >= 0.3 is 0 Å². The van der Waals surface area contributed by atoms with E-state index in [4.69, 9.17) is 10.00 Å². The Kier molecular flexibility index (Phi) is 3.78. The summed E-state index contributed by atoms with van der Waals surface area (Å²) in [6.07, 6.45) is 2.55. The number of pyridine rings is 1. The fourth-order valence-electron chi connectivity index (χ4n) is 1.75. The third-order valence-electron chi connectivity index (χ3n) is 2.79. The van der Waals surface area contributed by atoms with Crippen molar-refractivity contribution < 1.29 is 4.74 Å². The molecule has 0 aliphatic heterocycles. The van der Waals surface area contributed by atoms with E-state index in [1.165, 1.54) is 0 Å². The average molecular weight is 240 g/mol. The van der Waals surface area contributed by atoms with E-state index in [1.54, 1.807) is 6.20 Å². The Balaban J connectivity index is 2.36. The van der Waals surface area contributed by atoms with Crippen LogP contribution in [-0.2, 0) is 0 Å². The van der Waals surface area contributed by atoms with Crippen molar-refractivity contribution in [2.45, 2.75) is 20.3 Å². The highest BCUT2D eigenvalue weighted by atomic mass is 16.5. The van der Waals surface area contributed by atoms with Crippen LogP contribution in [0.2, 0.25) is 0 Å². The summed E-state index contributed by atoms with van der Waals surface area (Å²) < 4.78 is 5.79. The lowest BCUT2D eigenvalue weighted by atomic mass is 10.1. The molecular formula is C15H16N2O. The number of nitrogens with zero attached hydrogens (tertiary/aromatic N) is 2. The van der Waals surface area contributed by atoms with Crippen molar-refractivity contribution in [2.24, 2.45) is 5.92 Å². The fourth-order valence-corrected chi connectivity index (χ4v) is 1.75. The van der Waals surface area contributed by atoms with Gasteiger partial charge in [-0.15, -0.1) is 0 Å². The Morgan fingerprint density at radius 2 is 2.11 bits per heavy atom. The highest BCUT2D eigenvalue weighted by molar-refractivity contribution is 5.86. The quantitative estimate of drug-likeness (QED) is 0.821. The maximum Gasteiger partial charge on any atom is 0.148 e. The molecule has 0 aliphatic carbocycles. The molecule has 3 nitrogen and oxygen atoms in total. The fraction of sp³-hybridized carbons (Fsp3) is 0.333. The Morgan fingerprint density at radius 1 is 1.33 bits per heavy atom. The normalized spacial score (nSPS) is 10.6. The molecule has 2 rings (SSSR count). The van der Waals surface area contributed by atoms with Crippen LogP contribution in [0, 0.1) is 17.2 Å². The van der Waals surface area contributed by atoms with E-state index >= 15 is 0 Å². The zero-order valence-electron chi connectivity index (χ0n) is 10.7. The monoisotopic (exact) mass is 240 g/mol. The molecule has 3 heteroatoms. The van der Waals surface area contributed by atoms with Gasteiger partial charge in [0, 0.05) is 11.6 Å². The number of hydrogen-bond acceptors (Lipinski definition) is 3. The maximum absolute atomic E-state index is 9.12. The minimum Gasteiger partial charge on any atom is -0.491 e. The van der Waals surface area contributed by atoms with Crippen molar-refractivity contribution in [1.82, 2.24) is 4.98 Å². The second-order valence-corrected chi connectivity index (χ2v) is 4.66. The first-order valence-corrected chi connectivity index (χ1v) is 6.13. The number of hydrogen-bond donors (Lipinski definition) is 0. The molecule has 0 aliphatic rings. The number of ether oxygens (including phenoxy) is 1. The summed E-state index contributed by atoms with van der Waals surface area (Å²) in [5, 5.41) is 10.0. The van der Waals surface area contributed by atoms with Crippen LogP contribution in [-0.4, -0.2) is 11.6 Å². The number of rotatable bonds is 4. The molecule has 0 spiro atoms. The molecule has 0 saturated heterocycles. The molecule has 0 radical (unpaired) electrons. The summed E-state index contributed by atoms with van der Waals surface area (Å²) in [6, 6.07) is 9.86. The summed E-state index contributed by atoms with van der Waals surface area (Å²) in [5.74, 6) is 1.24. The zero-order valence-corrected chi connectivity index (χ0v) is 10.7. The van der Waals surface area contributed by atoms with Gasteiger partial charge in [0.2, 0.25) is 0 Å². The standard InChI is InChI=1S/C15H16N2O/c1-11(2)7-8-18-15-12(9-16)10-17-14-6-4-3-5-13(14)15/h3-6,10-11H,7-8H2,1-2H3. The van der Waals surface area contributed by atoms with E-state index in [0.29, 0.717) is 23.8 Å². The third-order valence-corrected chi connectivity index (χ3v) is 2.79. The van der Waals surface area contributed by atoms with Crippen molar-refractivity contribution in [3.05, 3.63) is 36.0 Å². The van der Waals surface area contributed by atoms with Crippen LogP contribution in [0.1, 0.15) is 25.8 Å². The van der Waals surface area contributed by atoms with Crippen molar-refractivity contribution in [3.63, 3.8) is 0 Å². The third kappa shape index (κ3) is 2.60. The van der Waals surface area contributed by atoms with Crippen molar-refractivity contribution in [3.8, 4) is 11.8 Å². The number of fused-ring (bicyclic) bond motifs is 1. The van der Waals surface area contributed by atoms with Crippen LogP contribution in [0.5, 0.6) is 5.75 Å². The predicted octanol–water partition coefficient (Wildman–Crippen LogP) is 3.53. The van der Waals surface area contributed by atoms with Gasteiger partial charge in [-0.3, -0.25) is 4.98 Å². The molecule has 0 atom stereocenters. The first kappa shape index (κ1) is 12.4. The SMILES string of the molecule is CC(C)CCOc1c(C#N)cnc2ccccc12. The summed E-state index contributed by atoms with van der Waals surface area (Å²) >= 11 is 0. The molecule has 1 aromatic carbocycles. The first-order chi connectivity index (χ1) is 8.72. The van der Waals surface area contributed by atoms with Crippen LogP contribution in [0.3, 0.4) is 0 Å². The van der Waals surface area contributed by atoms with E-state index in [9.17, 15) is 0 Å². The smallest absolute Gasteiger partial charge is 0.148 e. The average Bonchev–Trinajstić information content (AvgIpc) is 2.38. The predicted molar refractivity (Wildman–Crippen MR) is 71.4 cm³/mol. The van der Waals surface area contributed by atoms with Gasteiger partial charge in [-0.05, 0) is 24.5 Å². The molecule has 0 N–H and O–H groups in total. The van der Waals surface area contributed by atoms with E-state index in [2.05, 4.69) is 24.9 Å².